The van der Waals surface area contributed by atoms with Gasteiger partial charge in [0.05, 0.1) is 4.34 Å². The van der Waals surface area contributed by atoms with Gasteiger partial charge in [-0.25, -0.2) is 0 Å². The molecule has 0 nitrogen and oxygen atoms in total. The first-order chi connectivity index (χ1) is 5.86. The molecule has 0 spiro atoms. The average Bonchev–Trinajstić information content (AvgIpc) is 2.54. The van der Waals surface area contributed by atoms with Crippen molar-refractivity contribution >= 4 is 22.9 Å². The largest absolute Gasteiger partial charge is 0.128 e. The van der Waals surface area contributed by atoms with E-state index in [0.717, 1.165) is 10.8 Å². The molecule has 1 unspecified atom stereocenters. The number of thiophene rings is 1. The highest BCUT2D eigenvalue weighted by Crippen LogP contribution is 2.32. The van der Waals surface area contributed by atoms with Crippen LogP contribution in [0.1, 0.15) is 17.2 Å². The van der Waals surface area contributed by atoms with Gasteiger partial charge in [-0.3, -0.25) is 0 Å². The van der Waals surface area contributed by atoms with Crippen LogP contribution in [0.3, 0.4) is 0 Å². The third kappa shape index (κ3) is 1.62. The lowest BCUT2D eigenvalue weighted by atomic mass is 9.99. The Labute approximate surface area is 81.2 Å². The standard InChI is InChI=1S/C10H9ClS/c11-10-7-6-9(12-10)8-4-2-1-3-5-8/h1-4,6-8H,5H2. The normalized spacial score (nSPS) is 21.6. The van der Waals surface area contributed by atoms with E-state index >= 15 is 0 Å². The van der Waals surface area contributed by atoms with Crippen molar-refractivity contribution in [2.24, 2.45) is 0 Å². The molecule has 62 valence electrons. The molecule has 1 aromatic heterocycles. The first-order valence-corrected chi connectivity index (χ1v) is 5.14. The van der Waals surface area contributed by atoms with Gasteiger partial charge >= 0.3 is 0 Å². The molecule has 0 radical (unpaired) electrons. The average molecular weight is 197 g/mol. The van der Waals surface area contributed by atoms with Gasteiger partial charge in [0.15, 0.2) is 0 Å². The summed E-state index contributed by atoms with van der Waals surface area (Å²) in [5.74, 6) is 0.549. The molecule has 1 aliphatic rings. The van der Waals surface area contributed by atoms with Gasteiger partial charge in [0.1, 0.15) is 0 Å². The van der Waals surface area contributed by atoms with E-state index < -0.39 is 0 Å². The zero-order chi connectivity index (χ0) is 8.39. The van der Waals surface area contributed by atoms with Crippen LogP contribution in [-0.4, -0.2) is 0 Å². The summed E-state index contributed by atoms with van der Waals surface area (Å²) < 4.78 is 0.882. The van der Waals surface area contributed by atoms with E-state index in [9.17, 15) is 0 Å². The second kappa shape index (κ2) is 3.46. The predicted octanol–water partition coefficient (Wildman–Crippen LogP) is 4.00. The van der Waals surface area contributed by atoms with Gasteiger partial charge in [0.2, 0.25) is 0 Å². The molecule has 0 aliphatic heterocycles. The molecule has 0 saturated heterocycles. The minimum absolute atomic E-state index is 0.549. The Morgan fingerprint density at radius 3 is 2.83 bits per heavy atom. The second-order valence-corrected chi connectivity index (χ2v) is 4.54. The van der Waals surface area contributed by atoms with Crippen LogP contribution in [0.4, 0.5) is 0 Å². The van der Waals surface area contributed by atoms with E-state index in [0.29, 0.717) is 5.92 Å². The van der Waals surface area contributed by atoms with Crippen LogP contribution in [0, 0.1) is 0 Å². The molecule has 1 heterocycles. The Morgan fingerprint density at radius 2 is 2.25 bits per heavy atom. The predicted molar refractivity (Wildman–Crippen MR) is 55.0 cm³/mol. The quantitative estimate of drug-likeness (QED) is 0.637. The summed E-state index contributed by atoms with van der Waals surface area (Å²) in [6, 6.07) is 4.08. The summed E-state index contributed by atoms with van der Waals surface area (Å²) in [4.78, 5) is 1.36. The Kier molecular flexibility index (Phi) is 2.33. The monoisotopic (exact) mass is 196 g/mol. The lowest BCUT2D eigenvalue weighted by molar-refractivity contribution is 0.873. The Balaban J connectivity index is 2.20. The third-order valence-electron chi connectivity index (χ3n) is 1.94. The Bertz CT molecular complexity index is 322. The van der Waals surface area contributed by atoms with E-state index in [1.54, 1.807) is 11.3 Å². The maximum absolute atomic E-state index is 5.86. The van der Waals surface area contributed by atoms with Crippen molar-refractivity contribution < 1.29 is 0 Å². The number of hydrogen-bond acceptors (Lipinski definition) is 1. The molecule has 2 rings (SSSR count). The van der Waals surface area contributed by atoms with Gasteiger partial charge in [0, 0.05) is 10.8 Å². The Hall–Kier alpha value is -0.530. The van der Waals surface area contributed by atoms with E-state index in [-0.39, 0.29) is 0 Å². The van der Waals surface area contributed by atoms with E-state index in [1.807, 2.05) is 6.07 Å². The maximum Gasteiger partial charge on any atom is 0.0931 e. The van der Waals surface area contributed by atoms with Gasteiger partial charge in [-0.15, -0.1) is 11.3 Å². The summed E-state index contributed by atoms with van der Waals surface area (Å²) >= 11 is 7.53. The van der Waals surface area contributed by atoms with Crippen molar-refractivity contribution in [3.63, 3.8) is 0 Å². The lowest BCUT2D eigenvalue weighted by Gasteiger charge is -2.09. The summed E-state index contributed by atoms with van der Waals surface area (Å²) in [7, 11) is 0. The molecule has 0 amide bonds. The first kappa shape index (κ1) is 8.09. The fraction of sp³-hybridized carbons (Fsp3) is 0.200. The minimum Gasteiger partial charge on any atom is -0.128 e. The SMILES string of the molecule is Clc1ccc(C2C=CC=CC2)s1. The molecule has 0 saturated carbocycles. The van der Waals surface area contributed by atoms with Gasteiger partial charge in [-0.1, -0.05) is 35.9 Å². The van der Waals surface area contributed by atoms with Crippen molar-refractivity contribution in [2.45, 2.75) is 12.3 Å². The van der Waals surface area contributed by atoms with E-state index in [4.69, 9.17) is 11.6 Å². The first-order valence-electron chi connectivity index (χ1n) is 3.95. The molecular weight excluding hydrogens is 188 g/mol. The second-order valence-electron chi connectivity index (χ2n) is 2.80. The topological polar surface area (TPSA) is 0 Å². The summed E-state index contributed by atoms with van der Waals surface area (Å²) in [6.45, 7) is 0. The minimum atomic E-state index is 0.549. The highest BCUT2D eigenvalue weighted by atomic mass is 35.5. The number of rotatable bonds is 1. The van der Waals surface area contributed by atoms with Crippen molar-refractivity contribution in [3.05, 3.63) is 45.7 Å². The Morgan fingerprint density at radius 1 is 1.33 bits per heavy atom. The summed E-state index contributed by atoms with van der Waals surface area (Å²) in [5.41, 5.74) is 0. The molecule has 0 aromatic carbocycles. The molecule has 0 fully saturated rings. The van der Waals surface area contributed by atoms with Crippen molar-refractivity contribution in [1.82, 2.24) is 0 Å². The van der Waals surface area contributed by atoms with Crippen LogP contribution in [-0.2, 0) is 0 Å². The molecule has 1 atom stereocenters. The maximum atomic E-state index is 5.86. The van der Waals surface area contributed by atoms with Gasteiger partial charge in [0.25, 0.3) is 0 Å². The highest BCUT2D eigenvalue weighted by molar-refractivity contribution is 7.16. The molecule has 1 aliphatic carbocycles. The van der Waals surface area contributed by atoms with Crippen molar-refractivity contribution in [3.8, 4) is 0 Å². The van der Waals surface area contributed by atoms with Gasteiger partial charge in [-0.05, 0) is 18.6 Å². The molecular formula is C10H9ClS. The summed E-state index contributed by atoms with van der Waals surface area (Å²) in [5, 5.41) is 0. The molecule has 0 bridgehead atoms. The fourth-order valence-electron chi connectivity index (χ4n) is 1.32. The third-order valence-corrected chi connectivity index (χ3v) is 3.30. The number of hydrogen-bond donors (Lipinski definition) is 0. The molecule has 2 heteroatoms. The molecule has 12 heavy (non-hydrogen) atoms. The van der Waals surface area contributed by atoms with Crippen LogP contribution in [0.25, 0.3) is 0 Å². The number of halogens is 1. The van der Waals surface area contributed by atoms with Crippen LogP contribution in [0.5, 0.6) is 0 Å². The smallest absolute Gasteiger partial charge is 0.0931 e. The fourth-order valence-corrected chi connectivity index (χ4v) is 2.47. The van der Waals surface area contributed by atoms with Gasteiger partial charge in [-0.2, -0.15) is 0 Å². The number of allylic oxidation sites excluding steroid dienone is 4. The van der Waals surface area contributed by atoms with E-state index in [2.05, 4.69) is 30.4 Å². The molecule has 1 aromatic rings. The van der Waals surface area contributed by atoms with Crippen molar-refractivity contribution in [1.29, 1.82) is 0 Å². The van der Waals surface area contributed by atoms with Crippen LogP contribution >= 0.6 is 22.9 Å². The zero-order valence-corrected chi connectivity index (χ0v) is 8.11. The van der Waals surface area contributed by atoms with Crippen LogP contribution < -0.4 is 0 Å². The van der Waals surface area contributed by atoms with Crippen LogP contribution in [0.2, 0.25) is 4.34 Å². The van der Waals surface area contributed by atoms with E-state index in [1.165, 1.54) is 4.88 Å². The summed E-state index contributed by atoms with van der Waals surface area (Å²) in [6.07, 6.45) is 9.71. The zero-order valence-electron chi connectivity index (χ0n) is 6.53. The highest BCUT2D eigenvalue weighted by Gasteiger charge is 2.09. The van der Waals surface area contributed by atoms with Gasteiger partial charge < -0.3 is 0 Å². The molecule has 0 N–H and O–H groups in total. The lowest BCUT2D eigenvalue weighted by Crippen LogP contribution is -1.91. The van der Waals surface area contributed by atoms with Crippen molar-refractivity contribution in [2.75, 3.05) is 0 Å². The van der Waals surface area contributed by atoms with Crippen LogP contribution in [0.15, 0.2) is 36.4 Å².